The Balaban J connectivity index is 1.48. The molecule has 0 fully saturated rings. The van der Waals surface area contributed by atoms with E-state index < -0.39 is 61.8 Å². The lowest BCUT2D eigenvalue weighted by Gasteiger charge is -2.28. The van der Waals surface area contributed by atoms with E-state index in [1.54, 1.807) is 55.1 Å². The van der Waals surface area contributed by atoms with Crippen molar-refractivity contribution >= 4 is 57.9 Å². The monoisotopic (exact) mass is 875 g/mol. The van der Waals surface area contributed by atoms with Gasteiger partial charge in [0.25, 0.3) is 0 Å². The lowest BCUT2D eigenvalue weighted by molar-refractivity contribution is -0.307. The minimum atomic E-state index is -1.62. The van der Waals surface area contributed by atoms with Crippen LogP contribution >= 0.6 is 0 Å². The number of hydrogen-bond donors (Lipinski definition) is 1. The van der Waals surface area contributed by atoms with Crippen LogP contribution in [0.3, 0.4) is 0 Å². The summed E-state index contributed by atoms with van der Waals surface area (Å²) in [6.45, 7) is -4.27. The third-order valence-electron chi connectivity index (χ3n) is 10.00. The van der Waals surface area contributed by atoms with Gasteiger partial charge in [-0.3, -0.25) is 0 Å². The van der Waals surface area contributed by atoms with E-state index in [-0.39, 0.29) is 41.7 Å². The highest BCUT2D eigenvalue weighted by molar-refractivity contribution is 6.08. The average Bonchev–Trinajstić information content (AvgIpc) is 3.22. The van der Waals surface area contributed by atoms with Gasteiger partial charge in [-0.1, -0.05) is 24.3 Å². The molecule has 18 heteroatoms. The molecule has 6 rings (SSSR count). The molecule has 1 aliphatic carbocycles. The van der Waals surface area contributed by atoms with Gasteiger partial charge in [-0.2, -0.15) is 0 Å². The number of hydrogen-bond acceptors (Lipinski definition) is 15. The Labute approximate surface area is 364 Å². The number of carboxylic acids is 5. The summed E-state index contributed by atoms with van der Waals surface area (Å²) >= 11 is 0. The van der Waals surface area contributed by atoms with Crippen LogP contribution in [0.5, 0.6) is 11.5 Å². The van der Waals surface area contributed by atoms with E-state index in [1.807, 2.05) is 37.2 Å². The second-order valence-electron chi connectivity index (χ2n) is 14.9. The van der Waals surface area contributed by atoms with Crippen LogP contribution in [-0.4, -0.2) is 103 Å². The van der Waals surface area contributed by atoms with Gasteiger partial charge in [0.05, 0.1) is 78.6 Å². The molecule has 0 radical (unpaired) electrons. The van der Waals surface area contributed by atoms with Crippen LogP contribution in [0.2, 0.25) is 0 Å². The molecule has 0 amide bonds. The molecule has 64 heavy (non-hydrogen) atoms. The highest BCUT2D eigenvalue weighted by Crippen LogP contribution is 2.44. The Morgan fingerprint density at radius 3 is 1.88 bits per heavy atom. The normalized spacial score (nSPS) is 11.0. The molecular weight excluding hydrogens is 836 g/mol. The Morgan fingerprint density at radius 2 is 1.28 bits per heavy atom. The molecule has 2 aliphatic rings. The molecule has 0 spiro atoms. The Hall–Kier alpha value is -8.15. The summed E-state index contributed by atoms with van der Waals surface area (Å²) in [5, 5.41) is 58.3. The Morgan fingerprint density at radius 1 is 0.672 bits per heavy atom. The third kappa shape index (κ3) is 10.3. The molecule has 4 aromatic rings. The Bertz CT molecular complexity index is 2800. The summed E-state index contributed by atoms with van der Waals surface area (Å²) in [7, 11) is 7.33. The van der Waals surface area contributed by atoms with Gasteiger partial charge in [0.15, 0.2) is 0 Å². The number of aromatic carboxylic acids is 1. The van der Waals surface area contributed by atoms with Gasteiger partial charge in [-0.15, -0.1) is 0 Å². The molecule has 17 nitrogen and oxygen atoms in total. The molecule has 332 valence electrons. The number of halogens is 1. The predicted molar refractivity (Wildman–Crippen MR) is 224 cm³/mol. The lowest BCUT2D eigenvalue weighted by atomic mass is 9.88. The standard InChI is InChI=1S/C46H43FN4O13/c1-48(2)28-11-12-31-38(19-28)64-39-21-35(49(3)4)32(20-33(39)45(31)29-7-5-6-8-30(29)46(60)61)26-9-14-37(36(17-26)51(24-43(56)57)25-44(58)59)62-15-16-63-40-18-27(47)10-13-34(40)50(22-41(52)53)23-42(54)55/h5-14,17-21H,15-16,22-25H2,1-4H3,(H4-,52,53,54,55,56,57,58,59,60,61)/p-3. The summed E-state index contributed by atoms with van der Waals surface area (Å²) in [5.74, 6) is -8.28. The Kier molecular flexibility index (Phi) is 13.7. The molecular formula is C46H40FN4O13-3. The molecule has 1 heterocycles. The smallest absolute Gasteiger partial charge is 0.336 e. The maximum atomic E-state index is 14.3. The number of anilines is 3. The van der Waals surface area contributed by atoms with Crippen molar-refractivity contribution in [2.75, 3.05) is 82.3 Å². The van der Waals surface area contributed by atoms with Crippen LogP contribution in [0.15, 0.2) is 95.4 Å². The van der Waals surface area contributed by atoms with Crippen LogP contribution in [0.4, 0.5) is 21.5 Å². The van der Waals surface area contributed by atoms with E-state index in [4.69, 9.17) is 13.9 Å². The first kappa shape index (κ1) is 45.4. The fraction of sp³-hybridized carbons (Fsp3) is 0.217. The van der Waals surface area contributed by atoms with Crippen LogP contribution in [0.1, 0.15) is 10.4 Å². The number of carbonyl (C=O) groups excluding carboxylic acids is 4. The van der Waals surface area contributed by atoms with Crippen molar-refractivity contribution in [2.45, 2.75) is 0 Å². The molecule has 0 unspecified atom stereocenters. The number of ether oxygens (including phenoxy) is 2. The predicted octanol–water partition coefficient (Wildman–Crippen LogP) is -0.123. The van der Waals surface area contributed by atoms with Crippen molar-refractivity contribution in [1.29, 1.82) is 0 Å². The molecule has 1 N–H and O–H groups in total. The van der Waals surface area contributed by atoms with Crippen molar-refractivity contribution < 1.29 is 67.8 Å². The largest absolute Gasteiger partial charge is 0.548 e. The van der Waals surface area contributed by atoms with Crippen LogP contribution in [0.25, 0.3) is 44.5 Å². The fourth-order valence-corrected chi connectivity index (χ4v) is 7.27. The molecule has 0 atom stereocenters. The van der Waals surface area contributed by atoms with Gasteiger partial charge in [-0.25, -0.2) is 13.8 Å². The number of carboxylic acid groups (broad SMARTS) is 5. The average molecular weight is 876 g/mol. The molecule has 1 aliphatic heterocycles. The number of benzene rings is 5. The van der Waals surface area contributed by atoms with Gasteiger partial charge in [0.2, 0.25) is 5.36 Å². The van der Waals surface area contributed by atoms with Gasteiger partial charge in [0.1, 0.15) is 56.0 Å². The van der Waals surface area contributed by atoms with E-state index in [9.17, 15) is 53.9 Å². The van der Waals surface area contributed by atoms with E-state index in [0.29, 0.717) is 49.9 Å². The zero-order valence-electron chi connectivity index (χ0n) is 34.9. The summed E-state index contributed by atoms with van der Waals surface area (Å²) in [6.07, 6.45) is 0. The number of nitrogens with zero attached hydrogens (tertiary/aromatic N) is 4. The molecule has 0 saturated heterocycles. The highest BCUT2D eigenvalue weighted by Gasteiger charge is 2.26. The SMILES string of the molecule is CN(C)c1ccc2c(-c3ccccc3C(=O)O)c3cc(-c4ccc(OCCOc5cc(F)ccc5N(CC(=O)[O-])CC(=O)[O-])c(N(CC(=O)[O-])CC(=O)[O-])c4)c(=[N+](C)C)cc-3oc2c1. The summed E-state index contributed by atoms with van der Waals surface area (Å²) in [4.78, 5) is 63.1. The second kappa shape index (κ2) is 19.3. The first-order valence-electron chi connectivity index (χ1n) is 19.5. The summed E-state index contributed by atoms with van der Waals surface area (Å²) in [5.41, 5.74) is 3.72. The molecule has 0 aromatic heterocycles. The minimum Gasteiger partial charge on any atom is -0.548 e. The third-order valence-corrected chi connectivity index (χ3v) is 10.00. The number of aliphatic carboxylic acids is 4. The lowest BCUT2D eigenvalue weighted by Crippen LogP contribution is -2.44. The first-order chi connectivity index (χ1) is 30.4. The summed E-state index contributed by atoms with van der Waals surface area (Å²) in [6, 6.07) is 23.3. The van der Waals surface area contributed by atoms with E-state index in [2.05, 4.69) is 0 Å². The van der Waals surface area contributed by atoms with Gasteiger partial charge in [0, 0.05) is 48.4 Å². The van der Waals surface area contributed by atoms with E-state index >= 15 is 0 Å². The van der Waals surface area contributed by atoms with Crippen LogP contribution in [-0.2, 0) is 19.2 Å². The van der Waals surface area contributed by atoms with Crippen molar-refractivity contribution in [3.63, 3.8) is 0 Å². The number of fused-ring (bicyclic) bond motifs is 2. The van der Waals surface area contributed by atoms with Crippen molar-refractivity contribution in [3.05, 3.63) is 108 Å². The van der Waals surface area contributed by atoms with Crippen molar-refractivity contribution in [3.8, 4) is 45.1 Å². The van der Waals surface area contributed by atoms with Crippen LogP contribution < -0.4 is 54.5 Å². The van der Waals surface area contributed by atoms with E-state index in [0.717, 1.165) is 33.7 Å². The van der Waals surface area contributed by atoms with Gasteiger partial charge in [-0.05, 0) is 59.7 Å². The number of rotatable bonds is 19. The highest BCUT2D eigenvalue weighted by atomic mass is 19.1. The number of carbonyl (C=O) groups is 5. The minimum absolute atomic E-state index is 0.0212. The zero-order valence-corrected chi connectivity index (χ0v) is 34.9. The molecule has 0 bridgehead atoms. The second-order valence-corrected chi connectivity index (χ2v) is 14.9. The molecule has 0 saturated carbocycles. The van der Waals surface area contributed by atoms with Gasteiger partial charge < -0.3 is 73.3 Å². The van der Waals surface area contributed by atoms with Crippen molar-refractivity contribution in [1.82, 2.24) is 4.58 Å². The topological polar surface area (TPSA) is 242 Å². The fourth-order valence-electron chi connectivity index (χ4n) is 7.27. The summed E-state index contributed by atoms with van der Waals surface area (Å²) < 4.78 is 34.4. The van der Waals surface area contributed by atoms with Crippen molar-refractivity contribution in [2.24, 2.45) is 0 Å². The first-order valence-corrected chi connectivity index (χ1v) is 19.5. The maximum absolute atomic E-state index is 14.3. The van der Waals surface area contributed by atoms with Gasteiger partial charge >= 0.3 is 5.97 Å². The zero-order chi connectivity index (χ0) is 46.4. The molecule has 4 aromatic carbocycles. The maximum Gasteiger partial charge on any atom is 0.336 e. The quantitative estimate of drug-likeness (QED) is 0.0634. The van der Waals surface area contributed by atoms with Crippen LogP contribution in [0, 0.1) is 5.82 Å². The van der Waals surface area contributed by atoms with E-state index in [1.165, 1.54) is 18.2 Å².